The summed E-state index contributed by atoms with van der Waals surface area (Å²) in [5.41, 5.74) is 10.3. The average Bonchev–Trinajstić information content (AvgIpc) is 3.08. The number of aromatic nitrogens is 1. The molecule has 0 spiro atoms. The van der Waals surface area contributed by atoms with E-state index in [1.54, 1.807) is 0 Å². The van der Waals surface area contributed by atoms with Gasteiger partial charge in [-0.05, 0) is 0 Å². The van der Waals surface area contributed by atoms with Crippen molar-refractivity contribution in [2.75, 3.05) is 18.1 Å². The molecule has 3 atom stereocenters. The quantitative estimate of drug-likeness (QED) is 0.335. The molecule has 0 aromatic carbocycles. The Bertz CT molecular complexity index is 885. The fourth-order valence-electron chi connectivity index (χ4n) is 2.75. The number of carbonyl (C=O) groups is 4. The average molecular weight is 429 g/mol. The number of nitrogens with zero attached hydrogens (tertiary/aromatic N) is 2. The van der Waals surface area contributed by atoms with Gasteiger partial charge in [-0.1, -0.05) is 0 Å². The Hall–Kier alpha value is -2.84. The Labute approximate surface area is 165 Å². The van der Waals surface area contributed by atoms with Crippen molar-refractivity contribution in [3.63, 3.8) is 0 Å². The van der Waals surface area contributed by atoms with Gasteiger partial charge in [0, 0.05) is 16.7 Å². The first-order valence-corrected chi connectivity index (χ1v) is 9.65. The van der Waals surface area contributed by atoms with Crippen molar-refractivity contribution in [2.24, 2.45) is 5.73 Å². The molecule has 3 heterocycles. The van der Waals surface area contributed by atoms with Crippen LogP contribution < -0.4 is 16.8 Å². The summed E-state index contributed by atoms with van der Waals surface area (Å²) < 4.78 is 4.63. The van der Waals surface area contributed by atoms with Gasteiger partial charge < -0.3 is 31.7 Å². The summed E-state index contributed by atoms with van der Waals surface area (Å²) in [4.78, 5) is 51.8. The third kappa shape index (κ3) is 3.61. The number of carboxylic acid groups (broad SMARTS) is 1. The molecule has 1 aromatic rings. The van der Waals surface area contributed by atoms with Crippen molar-refractivity contribution in [1.29, 1.82) is 0 Å². The van der Waals surface area contributed by atoms with E-state index in [1.165, 1.54) is 17.1 Å². The predicted octanol–water partition coefficient (Wildman–Crippen LogP) is -1.41. The number of hydrogen-bond donors (Lipinski definition) is 5. The van der Waals surface area contributed by atoms with Crippen molar-refractivity contribution in [1.82, 2.24) is 15.2 Å². The number of rotatable bonds is 6. The van der Waals surface area contributed by atoms with Gasteiger partial charge in [0.25, 0.3) is 11.8 Å². The molecule has 0 radical (unpaired) electrons. The highest BCUT2D eigenvalue weighted by atomic mass is 32.2. The number of β-lactam (4-membered cyclic amide) rings is 1. The monoisotopic (exact) mass is 429 g/mol. The van der Waals surface area contributed by atoms with E-state index in [0.29, 0.717) is 0 Å². The van der Waals surface area contributed by atoms with Crippen LogP contribution in [0.15, 0.2) is 16.7 Å². The van der Waals surface area contributed by atoms with E-state index >= 15 is 0 Å². The highest BCUT2D eigenvalue weighted by Gasteiger charge is 2.54. The maximum Gasteiger partial charge on any atom is 0.404 e. The minimum absolute atomic E-state index is 0.0527. The number of carbonyl (C=O) groups excluding carboxylic acids is 3. The second-order valence-corrected chi connectivity index (χ2v) is 7.77. The Morgan fingerprint density at radius 2 is 2.18 bits per heavy atom. The molecule has 14 heteroatoms. The number of aliphatic carboxylic acids is 1. The summed E-state index contributed by atoms with van der Waals surface area (Å²) in [5.74, 6) is -2.73. The highest BCUT2D eigenvalue weighted by Crippen LogP contribution is 2.40. The predicted molar refractivity (Wildman–Crippen MR) is 96.7 cm³/mol. The van der Waals surface area contributed by atoms with Gasteiger partial charge >= 0.3 is 12.1 Å². The van der Waals surface area contributed by atoms with Gasteiger partial charge in [0.15, 0.2) is 11.2 Å². The van der Waals surface area contributed by atoms with E-state index < -0.39 is 41.4 Å². The van der Waals surface area contributed by atoms with Crippen LogP contribution in [0.4, 0.5) is 9.93 Å². The molecule has 150 valence electrons. The molecule has 7 N–H and O–H groups in total. The number of ether oxygens (including phenoxy) is 1. The molecule has 0 saturated carbocycles. The van der Waals surface area contributed by atoms with Crippen LogP contribution in [0.2, 0.25) is 0 Å². The van der Waals surface area contributed by atoms with E-state index in [1.807, 2.05) is 0 Å². The Morgan fingerprint density at radius 3 is 2.75 bits per heavy atom. The van der Waals surface area contributed by atoms with Crippen LogP contribution in [0, 0.1) is 0 Å². The molecule has 0 aliphatic carbocycles. The van der Waals surface area contributed by atoms with Crippen LogP contribution in [0.3, 0.4) is 0 Å². The highest BCUT2D eigenvalue weighted by molar-refractivity contribution is 8.00. The number of thiazole rings is 1. The molecule has 3 amide bonds. The third-order valence-corrected chi connectivity index (χ3v) is 6.04. The number of fused-ring (bicyclic) bond motifs is 1. The summed E-state index contributed by atoms with van der Waals surface area (Å²) in [6.45, 7) is -0.360. The van der Waals surface area contributed by atoms with Gasteiger partial charge in [0.2, 0.25) is 0 Å². The lowest BCUT2D eigenvalue weighted by Gasteiger charge is -2.49. The summed E-state index contributed by atoms with van der Waals surface area (Å²) >= 11 is 2.23. The van der Waals surface area contributed by atoms with E-state index in [-0.39, 0.29) is 34.5 Å². The number of hydrogen-bond acceptors (Lipinski definition) is 10. The van der Waals surface area contributed by atoms with Gasteiger partial charge in [-0.3, -0.25) is 14.5 Å². The van der Waals surface area contributed by atoms with Crippen LogP contribution in [-0.4, -0.2) is 67.7 Å². The van der Waals surface area contributed by atoms with Crippen LogP contribution >= 0.6 is 23.1 Å². The molecule has 28 heavy (non-hydrogen) atoms. The van der Waals surface area contributed by atoms with Crippen molar-refractivity contribution in [3.05, 3.63) is 22.3 Å². The molecule has 0 bridgehead atoms. The normalized spacial score (nSPS) is 22.2. The zero-order valence-electron chi connectivity index (χ0n) is 14.0. The van der Waals surface area contributed by atoms with Gasteiger partial charge in [-0.2, -0.15) is 0 Å². The van der Waals surface area contributed by atoms with Crippen LogP contribution in [0.5, 0.6) is 0 Å². The first-order valence-electron chi connectivity index (χ1n) is 7.72. The third-order valence-electron chi connectivity index (χ3n) is 4.00. The fraction of sp³-hybridized carbons (Fsp3) is 0.357. The zero-order chi connectivity index (χ0) is 20.6. The number of carboxylic acids is 1. The number of anilines is 1. The van der Waals surface area contributed by atoms with Gasteiger partial charge in [-0.25, -0.2) is 14.6 Å². The number of aliphatic hydroxyl groups is 1. The van der Waals surface area contributed by atoms with E-state index in [0.717, 1.165) is 16.2 Å². The molecular weight excluding hydrogens is 414 g/mol. The number of primary amides is 1. The molecule has 2 unspecified atom stereocenters. The van der Waals surface area contributed by atoms with E-state index in [4.69, 9.17) is 11.5 Å². The number of thioether (sulfide) groups is 1. The van der Waals surface area contributed by atoms with E-state index in [2.05, 4.69) is 15.0 Å². The lowest BCUT2D eigenvalue weighted by molar-refractivity contribution is -0.151. The Balaban J connectivity index is 1.72. The van der Waals surface area contributed by atoms with Gasteiger partial charge in [0.1, 0.15) is 23.7 Å². The molecule has 2 aliphatic rings. The zero-order valence-corrected chi connectivity index (χ0v) is 15.7. The summed E-state index contributed by atoms with van der Waals surface area (Å²) in [5, 5.41) is 22.8. The van der Waals surface area contributed by atoms with Gasteiger partial charge in [0.05, 0.1) is 5.69 Å². The SMILES string of the molecule is NC(=O)OCC1=C(C(=O)O)N2C(=O)C(NC(=O)C(O)c3csc(N)n3)[C@H]2SC1. The number of nitrogens with one attached hydrogen (secondary N) is 1. The minimum Gasteiger partial charge on any atom is -0.477 e. The standard InChI is InChI=1S/C14H15N5O7S2/c15-13-17-5(3-28-13)8(20)9(21)18-6-10(22)19-7(12(23)24)4(1-26-14(16)25)2-27-11(6)19/h3,6,8,11,20H,1-2H2,(H2,15,17)(H2,16,25)(H,18,21)(H,23,24)/t6?,8?,11-/m1/s1. The number of aliphatic hydroxyl groups excluding tert-OH is 1. The van der Waals surface area contributed by atoms with Crippen LogP contribution in [-0.2, 0) is 19.1 Å². The van der Waals surface area contributed by atoms with Gasteiger partial charge in [-0.15, -0.1) is 23.1 Å². The maximum atomic E-state index is 12.4. The molecule has 2 aliphatic heterocycles. The number of amides is 3. The summed E-state index contributed by atoms with van der Waals surface area (Å²) in [7, 11) is 0. The molecule has 1 fully saturated rings. The Morgan fingerprint density at radius 1 is 1.46 bits per heavy atom. The summed E-state index contributed by atoms with van der Waals surface area (Å²) in [6, 6.07) is -1.02. The molecular formula is C14H15N5O7S2. The molecule has 3 rings (SSSR count). The molecule has 12 nitrogen and oxygen atoms in total. The molecule has 1 saturated heterocycles. The topological polar surface area (TPSA) is 198 Å². The van der Waals surface area contributed by atoms with Crippen LogP contribution in [0.25, 0.3) is 0 Å². The fourth-order valence-corrected chi connectivity index (χ4v) is 4.65. The smallest absolute Gasteiger partial charge is 0.404 e. The first-order chi connectivity index (χ1) is 13.2. The number of nitrogens with two attached hydrogens (primary N) is 2. The van der Waals surface area contributed by atoms with Crippen molar-refractivity contribution >= 4 is 52.1 Å². The summed E-state index contributed by atoms with van der Waals surface area (Å²) in [6.07, 6.45) is -2.68. The lowest BCUT2D eigenvalue weighted by Crippen LogP contribution is -2.71. The first kappa shape index (κ1) is 19.9. The second kappa shape index (κ2) is 7.65. The second-order valence-electron chi connectivity index (χ2n) is 5.77. The maximum absolute atomic E-state index is 12.4. The molecule has 1 aromatic heterocycles. The lowest BCUT2D eigenvalue weighted by atomic mass is 10.0. The van der Waals surface area contributed by atoms with Crippen molar-refractivity contribution < 1.29 is 34.1 Å². The van der Waals surface area contributed by atoms with E-state index in [9.17, 15) is 29.4 Å². The largest absolute Gasteiger partial charge is 0.477 e. The minimum atomic E-state index is -1.61. The van der Waals surface area contributed by atoms with Crippen LogP contribution in [0.1, 0.15) is 11.8 Å². The van der Waals surface area contributed by atoms with Crippen molar-refractivity contribution in [3.8, 4) is 0 Å². The number of nitrogen functional groups attached to an aromatic ring is 1. The van der Waals surface area contributed by atoms with Crippen molar-refractivity contribution in [2.45, 2.75) is 17.5 Å². The Kier molecular flexibility index (Phi) is 5.44.